The first-order valence-corrected chi connectivity index (χ1v) is 5.70. The zero-order chi connectivity index (χ0) is 8.52. The fourth-order valence-electron chi connectivity index (χ4n) is 4.10. The van der Waals surface area contributed by atoms with Gasteiger partial charge in [0, 0.05) is 0 Å². The van der Waals surface area contributed by atoms with Crippen molar-refractivity contribution < 1.29 is 4.74 Å². The van der Waals surface area contributed by atoms with E-state index in [0.29, 0.717) is 23.0 Å². The Hall–Kier alpha value is -0.300. The monoisotopic (exact) mass is 176 g/mol. The molecule has 0 aromatic heterocycles. The molecule has 0 spiro atoms. The van der Waals surface area contributed by atoms with Crippen molar-refractivity contribution in [2.75, 3.05) is 0 Å². The van der Waals surface area contributed by atoms with E-state index in [9.17, 15) is 0 Å². The van der Waals surface area contributed by atoms with Gasteiger partial charge in [-0.1, -0.05) is 25.0 Å². The summed E-state index contributed by atoms with van der Waals surface area (Å²) < 4.78 is 5.70. The number of hydrogen-bond acceptors (Lipinski definition) is 1. The third-order valence-corrected chi connectivity index (χ3v) is 5.03. The fourth-order valence-corrected chi connectivity index (χ4v) is 4.10. The number of allylic oxidation sites excluding steroid dienone is 2. The van der Waals surface area contributed by atoms with E-state index in [1.165, 1.54) is 38.5 Å². The smallest absolute Gasteiger partial charge is 0.0850 e. The van der Waals surface area contributed by atoms with Crippen LogP contribution in [0.4, 0.5) is 0 Å². The summed E-state index contributed by atoms with van der Waals surface area (Å²) in [6, 6.07) is 0. The van der Waals surface area contributed by atoms with Crippen molar-refractivity contribution in [1.82, 2.24) is 0 Å². The Morgan fingerprint density at radius 3 is 1.92 bits per heavy atom. The summed E-state index contributed by atoms with van der Waals surface area (Å²) in [5.74, 6) is 0. The van der Waals surface area contributed by atoms with E-state index in [1.807, 2.05) is 0 Å². The van der Waals surface area contributed by atoms with Crippen molar-refractivity contribution in [3.63, 3.8) is 0 Å². The van der Waals surface area contributed by atoms with Gasteiger partial charge >= 0.3 is 0 Å². The van der Waals surface area contributed by atoms with Gasteiger partial charge in [0.25, 0.3) is 0 Å². The van der Waals surface area contributed by atoms with Crippen LogP contribution in [0.25, 0.3) is 0 Å². The molecule has 0 bridgehead atoms. The van der Waals surface area contributed by atoms with Crippen LogP contribution >= 0.6 is 0 Å². The van der Waals surface area contributed by atoms with Gasteiger partial charge in [-0.25, -0.2) is 0 Å². The highest BCUT2D eigenvalue weighted by Gasteiger charge is 2.64. The van der Waals surface area contributed by atoms with Gasteiger partial charge in [-0.15, -0.1) is 0 Å². The van der Waals surface area contributed by atoms with E-state index in [2.05, 4.69) is 12.2 Å². The lowest BCUT2D eigenvalue weighted by atomic mass is 9.44. The Labute approximate surface area is 79.2 Å². The average Bonchev–Trinajstić information content (AvgIpc) is 2.84. The van der Waals surface area contributed by atoms with Crippen molar-refractivity contribution >= 4 is 0 Å². The Morgan fingerprint density at radius 2 is 1.46 bits per heavy atom. The van der Waals surface area contributed by atoms with E-state index in [0.717, 1.165) is 0 Å². The number of epoxide rings is 1. The highest BCUT2D eigenvalue weighted by Crippen LogP contribution is 2.69. The van der Waals surface area contributed by atoms with Crippen LogP contribution in [-0.2, 0) is 4.74 Å². The Bertz CT molecular complexity index is 267. The normalized spacial score (nSPS) is 61.5. The summed E-state index contributed by atoms with van der Waals surface area (Å²) >= 11 is 0. The molecule has 0 amide bonds. The molecule has 0 unspecified atom stereocenters. The van der Waals surface area contributed by atoms with Gasteiger partial charge in [-0.05, 0) is 36.5 Å². The van der Waals surface area contributed by atoms with Gasteiger partial charge in [-0.3, -0.25) is 0 Å². The number of ether oxygens (including phenoxy) is 1. The van der Waals surface area contributed by atoms with Gasteiger partial charge in [0.1, 0.15) is 0 Å². The van der Waals surface area contributed by atoms with Crippen LogP contribution in [0.1, 0.15) is 38.5 Å². The molecule has 4 aliphatic rings. The molecule has 1 aliphatic heterocycles. The molecule has 4 atom stereocenters. The summed E-state index contributed by atoms with van der Waals surface area (Å²) in [6.45, 7) is 0. The predicted octanol–water partition coefficient (Wildman–Crippen LogP) is 2.66. The van der Waals surface area contributed by atoms with Gasteiger partial charge in [0.2, 0.25) is 0 Å². The molecule has 70 valence electrons. The third kappa shape index (κ3) is 0.665. The SMILES string of the molecule is C1=C[C@]23CCCC[C@]12C[C@@H]1O[C@@H]1C3. The highest BCUT2D eigenvalue weighted by molar-refractivity contribution is 5.32. The quantitative estimate of drug-likeness (QED) is 0.408. The molecular formula is C12H16O. The minimum atomic E-state index is 0.600. The molecule has 3 aliphatic carbocycles. The molecule has 13 heavy (non-hydrogen) atoms. The Kier molecular flexibility index (Phi) is 1.02. The van der Waals surface area contributed by atoms with E-state index < -0.39 is 0 Å². The lowest BCUT2D eigenvalue weighted by molar-refractivity contribution is 0.00835. The standard InChI is InChI=1S/C12H16O/c1-2-4-12-6-5-11(12,3-1)7-9-10(8-12)13-9/h5-6,9-10H,1-4,7-8H2/t9-,10+,11+,12-. The molecule has 0 aromatic rings. The molecular weight excluding hydrogens is 160 g/mol. The van der Waals surface area contributed by atoms with Crippen molar-refractivity contribution in [3.8, 4) is 0 Å². The van der Waals surface area contributed by atoms with Crippen molar-refractivity contribution in [3.05, 3.63) is 12.2 Å². The molecule has 0 radical (unpaired) electrons. The van der Waals surface area contributed by atoms with E-state index >= 15 is 0 Å². The fraction of sp³-hybridized carbons (Fsp3) is 0.833. The van der Waals surface area contributed by atoms with Gasteiger partial charge in [0.05, 0.1) is 12.2 Å². The molecule has 0 aromatic carbocycles. The minimum Gasteiger partial charge on any atom is -0.370 e. The Balaban J connectivity index is 1.79. The second kappa shape index (κ2) is 1.88. The largest absolute Gasteiger partial charge is 0.370 e. The topological polar surface area (TPSA) is 12.5 Å². The summed E-state index contributed by atoms with van der Waals surface area (Å²) in [4.78, 5) is 0. The molecule has 1 nitrogen and oxygen atoms in total. The second-order valence-electron chi connectivity index (χ2n) is 5.47. The van der Waals surface area contributed by atoms with Crippen LogP contribution in [0.3, 0.4) is 0 Å². The molecule has 1 heteroatoms. The van der Waals surface area contributed by atoms with Gasteiger partial charge in [-0.2, -0.15) is 0 Å². The zero-order valence-corrected chi connectivity index (χ0v) is 7.96. The lowest BCUT2D eigenvalue weighted by Crippen LogP contribution is -2.52. The van der Waals surface area contributed by atoms with Crippen LogP contribution in [0.5, 0.6) is 0 Å². The molecule has 3 fully saturated rings. The van der Waals surface area contributed by atoms with Crippen LogP contribution in [0.2, 0.25) is 0 Å². The average molecular weight is 176 g/mol. The van der Waals surface area contributed by atoms with Crippen LogP contribution in [-0.4, -0.2) is 12.2 Å². The molecule has 0 N–H and O–H groups in total. The van der Waals surface area contributed by atoms with Crippen molar-refractivity contribution in [1.29, 1.82) is 0 Å². The van der Waals surface area contributed by atoms with E-state index in [1.54, 1.807) is 0 Å². The lowest BCUT2D eigenvalue weighted by Gasteiger charge is -2.59. The van der Waals surface area contributed by atoms with E-state index in [4.69, 9.17) is 4.74 Å². The first-order chi connectivity index (χ1) is 6.34. The second-order valence-corrected chi connectivity index (χ2v) is 5.47. The molecule has 2 saturated carbocycles. The van der Waals surface area contributed by atoms with Crippen LogP contribution < -0.4 is 0 Å². The summed E-state index contributed by atoms with van der Waals surface area (Å²) in [5, 5.41) is 0. The summed E-state index contributed by atoms with van der Waals surface area (Å²) in [6.07, 6.45) is 14.8. The van der Waals surface area contributed by atoms with Crippen LogP contribution in [0, 0.1) is 10.8 Å². The number of hydrogen-bond donors (Lipinski definition) is 0. The number of rotatable bonds is 0. The minimum absolute atomic E-state index is 0.600. The number of fused-ring (bicyclic) bond motifs is 1. The summed E-state index contributed by atoms with van der Waals surface area (Å²) in [5.41, 5.74) is 1.20. The van der Waals surface area contributed by atoms with Crippen LogP contribution in [0.15, 0.2) is 12.2 Å². The Morgan fingerprint density at radius 1 is 0.923 bits per heavy atom. The highest BCUT2D eigenvalue weighted by atomic mass is 16.6. The zero-order valence-electron chi connectivity index (χ0n) is 7.96. The predicted molar refractivity (Wildman–Crippen MR) is 50.4 cm³/mol. The maximum Gasteiger partial charge on any atom is 0.0850 e. The summed E-state index contributed by atoms with van der Waals surface area (Å²) in [7, 11) is 0. The van der Waals surface area contributed by atoms with Crippen molar-refractivity contribution in [2.24, 2.45) is 10.8 Å². The first kappa shape index (κ1) is 7.05. The molecule has 1 heterocycles. The maximum atomic E-state index is 5.70. The van der Waals surface area contributed by atoms with Gasteiger partial charge in [0.15, 0.2) is 0 Å². The molecule has 1 saturated heterocycles. The van der Waals surface area contributed by atoms with Crippen molar-refractivity contribution in [2.45, 2.75) is 50.7 Å². The van der Waals surface area contributed by atoms with E-state index in [-0.39, 0.29) is 0 Å². The first-order valence-electron chi connectivity index (χ1n) is 5.70. The van der Waals surface area contributed by atoms with Gasteiger partial charge < -0.3 is 4.74 Å². The third-order valence-electron chi connectivity index (χ3n) is 5.03. The molecule has 4 rings (SSSR count). The maximum absolute atomic E-state index is 5.70.